The summed E-state index contributed by atoms with van der Waals surface area (Å²) in [4.78, 5) is 4.44. The third kappa shape index (κ3) is 6.49. The lowest BCUT2D eigenvalue weighted by molar-refractivity contribution is 0.340. The minimum absolute atomic E-state index is 0.591. The Morgan fingerprint density at radius 2 is 1.65 bits per heavy atom. The maximum absolute atomic E-state index is 5.75. The van der Waals surface area contributed by atoms with Crippen molar-refractivity contribution in [1.29, 1.82) is 0 Å². The summed E-state index contributed by atoms with van der Waals surface area (Å²) in [5, 5.41) is 3.99. The van der Waals surface area contributed by atoms with Crippen LogP contribution in [0.5, 0.6) is 5.75 Å². The summed E-state index contributed by atoms with van der Waals surface area (Å²) in [7, 11) is 0. The average Bonchev–Trinajstić information content (AvgIpc) is 3.30. The second-order valence-electron chi connectivity index (χ2n) is 7.16. The molecule has 0 saturated heterocycles. The Morgan fingerprint density at radius 1 is 0.935 bits per heavy atom. The first-order valence-corrected chi connectivity index (χ1v) is 11.2. The van der Waals surface area contributed by atoms with Crippen molar-refractivity contribution >= 4 is 28.7 Å². The summed E-state index contributed by atoms with van der Waals surface area (Å²) < 4.78 is 11.1. The van der Waals surface area contributed by atoms with E-state index >= 15 is 0 Å². The van der Waals surface area contributed by atoms with Gasteiger partial charge >= 0.3 is 0 Å². The maximum Gasteiger partial charge on any atom is 0.174 e. The molecular formula is C25H31N3O2S. The van der Waals surface area contributed by atoms with Gasteiger partial charge in [-0.05, 0) is 87.1 Å². The Hall–Kier alpha value is -2.99. The van der Waals surface area contributed by atoms with Crippen molar-refractivity contribution in [2.75, 3.05) is 29.9 Å². The molecule has 1 heterocycles. The molecule has 3 rings (SSSR count). The van der Waals surface area contributed by atoms with Crippen molar-refractivity contribution in [3.63, 3.8) is 0 Å². The smallest absolute Gasteiger partial charge is 0.174 e. The van der Waals surface area contributed by atoms with E-state index in [4.69, 9.17) is 21.4 Å². The Kier molecular flexibility index (Phi) is 8.35. The standard InChI is InChI=1S/C25H31N3O2S/c1-4-27(5-2)22-13-9-20(10-14-22)18-28(19-24-8-7-17-30-24)25(31)26-21-11-15-23(16-12-21)29-6-3/h7-17H,4-6,18-19H2,1-3H3,(H,26,31). The van der Waals surface area contributed by atoms with Crippen molar-refractivity contribution < 1.29 is 9.15 Å². The molecule has 0 radical (unpaired) electrons. The van der Waals surface area contributed by atoms with Gasteiger partial charge in [0.05, 0.1) is 19.4 Å². The summed E-state index contributed by atoms with van der Waals surface area (Å²) >= 11 is 5.75. The molecule has 0 saturated carbocycles. The summed E-state index contributed by atoms with van der Waals surface area (Å²) in [5.41, 5.74) is 3.36. The summed E-state index contributed by atoms with van der Waals surface area (Å²) in [6, 6.07) is 20.4. The SMILES string of the molecule is CCOc1ccc(NC(=S)N(Cc2ccc(N(CC)CC)cc2)Cc2ccco2)cc1. The van der Waals surface area contributed by atoms with Crippen LogP contribution in [-0.2, 0) is 13.1 Å². The molecular weight excluding hydrogens is 406 g/mol. The first-order chi connectivity index (χ1) is 15.1. The topological polar surface area (TPSA) is 40.9 Å². The summed E-state index contributed by atoms with van der Waals surface area (Å²) in [6.07, 6.45) is 1.69. The highest BCUT2D eigenvalue weighted by atomic mass is 32.1. The van der Waals surface area contributed by atoms with Crippen LogP contribution in [0, 0.1) is 0 Å². The molecule has 1 N–H and O–H groups in total. The van der Waals surface area contributed by atoms with Crippen molar-refractivity contribution in [3.8, 4) is 5.75 Å². The number of furan rings is 1. The second kappa shape index (κ2) is 11.4. The minimum atomic E-state index is 0.591. The van der Waals surface area contributed by atoms with Crippen molar-refractivity contribution in [2.45, 2.75) is 33.9 Å². The molecule has 0 aliphatic heterocycles. The quantitative estimate of drug-likeness (QED) is 0.397. The van der Waals surface area contributed by atoms with E-state index in [1.54, 1.807) is 6.26 Å². The van der Waals surface area contributed by atoms with Gasteiger partial charge in [-0.25, -0.2) is 0 Å². The molecule has 1 aromatic heterocycles. The van der Waals surface area contributed by atoms with Crippen molar-refractivity contribution in [1.82, 2.24) is 4.90 Å². The van der Waals surface area contributed by atoms with Crippen LogP contribution in [0.25, 0.3) is 0 Å². The Morgan fingerprint density at radius 3 is 2.23 bits per heavy atom. The number of rotatable bonds is 10. The van der Waals surface area contributed by atoms with Gasteiger partial charge < -0.3 is 24.3 Å². The van der Waals surface area contributed by atoms with Gasteiger partial charge in [0, 0.05) is 31.0 Å². The Bertz CT molecular complexity index is 920. The summed E-state index contributed by atoms with van der Waals surface area (Å²) in [6.45, 7) is 10.2. The zero-order chi connectivity index (χ0) is 22.1. The van der Waals surface area contributed by atoms with Gasteiger partial charge in [-0.15, -0.1) is 0 Å². The van der Waals surface area contributed by atoms with Crippen LogP contribution in [0.15, 0.2) is 71.3 Å². The zero-order valence-corrected chi connectivity index (χ0v) is 19.3. The van der Waals surface area contributed by atoms with Crippen LogP contribution in [0.1, 0.15) is 32.1 Å². The molecule has 0 atom stereocenters. The Balaban J connectivity index is 1.72. The number of nitrogens with one attached hydrogen (secondary N) is 1. The normalized spacial score (nSPS) is 10.5. The number of ether oxygens (including phenoxy) is 1. The number of benzene rings is 2. The van der Waals surface area contributed by atoms with Crippen LogP contribution < -0.4 is 15.0 Å². The fourth-order valence-corrected chi connectivity index (χ4v) is 3.66. The molecule has 0 bridgehead atoms. The molecule has 0 fully saturated rings. The molecule has 0 spiro atoms. The van der Waals surface area contributed by atoms with Gasteiger partial charge in [0.25, 0.3) is 0 Å². The zero-order valence-electron chi connectivity index (χ0n) is 18.5. The van der Waals surface area contributed by atoms with Gasteiger partial charge in [-0.2, -0.15) is 0 Å². The molecule has 0 aliphatic rings. The third-order valence-electron chi connectivity index (χ3n) is 5.07. The highest BCUT2D eigenvalue weighted by Gasteiger charge is 2.14. The lowest BCUT2D eigenvalue weighted by Gasteiger charge is -2.26. The molecule has 3 aromatic rings. The third-order valence-corrected chi connectivity index (χ3v) is 5.43. The first-order valence-electron chi connectivity index (χ1n) is 10.8. The highest BCUT2D eigenvalue weighted by molar-refractivity contribution is 7.80. The van der Waals surface area contributed by atoms with E-state index < -0.39 is 0 Å². The molecule has 5 nitrogen and oxygen atoms in total. The van der Waals surface area contributed by atoms with Gasteiger partial charge in [-0.3, -0.25) is 0 Å². The molecule has 2 aromatic carbocycles. The van der Waals surface area contributed by atoms with Crippen LogP contribution in [0.2, 0.25) is 0 Å². The van der Waals surface area contributed by atoms with Crippen LogP contribution in [-0.4, -0.2) is 29.7 Å². The predicted molar refractivity (Wildman–Crippen MR) is 132 cm³/mol. The fraction of sp³-hybridized carbons (Fsp3) is 0.320. The predicted octanol–water partition coefficient (Wildman–Crippen LogP) is 5.92. The number of hydrogen-bond acceptors (Lipinski definition) is 4. The first kappa shape index (κ1) is 22.7. The fourth-order valence-electron chi connectivity index (χ4n) is 3.42. The second-order valence-corrected chi connectivity index (χ2v) is 7.55. The molecule has 0 unspecified atom stereocenters. The minimum Gasteiger partial charge on any atom is -0.494 e. The average molecular weight is 438 g/mol. The van der Waals surface area contributed by atoms with Crippen molar-refractivity contribution in [2.24, 2.45) is 0 Å². The molecule has 0 aliphatic carbocycles. The highest BCUT2D eigenvalue weighted by Crippen LogP contribution is 2.20. The molecule has 0 amide bonds. The molecule has 31 heavy (non-hydrogen) atoms. The molecule has 164 valence electrons. The van der Waals surface area contributed by atoms with E-state index in [0.29, 0.717) is 24.8 Å². The van der Waals surface area contributed by atoms with Crippen molar-refractivity contribution in [3.05, 3.63) is 78.3 Å². The van der Waals surface area contributed by atoms with Gasteiger partial charge in [-0.1, -0.05) is 12.1 Å². The lowest BCUT2D eigenvalue weighted by Crippen LogP contribution is -2.33. The van der Waals surface area contributed by atoms with E-state index in [1.807, 2.05) is 43.3 Å². The number of hydrogen-bond donors (Lipinski definition) is 1. The van der Waals surface area contributed by atoms with E-state index in [9.17, 15) is 0 Å². The number of anilines is 2. The van der Waals surface area contributed by atoms with E-state index in [2.05, 4.69) is 53.2 Å². The largest absolute Gasteiger partial charge is 0.494 e. The molecule has 6 heteroatoms. The number of thiocarbonyl (C=S) groups is 1. The summed E-state index contributed by atoms with van der Waals surface area (Å²) in [5.74, 6) is 1.72. The number of nitrogens with zero attached hydrogens (tertiary/aromatic N) is 2. The van der Waals surface area contributed by atoms with E-state index in [0.717, 1.165) is 30.3 Å². The Labute approximate surface area is 190 Å². The van der Waals surface area contributed by atoms with E-state index in [1.165, 1.54) is 11.3 Å². The van der Waals surface area contributed by atoms with E-state index in [-0.39, 0.29) is 0 Å². The van der Waals surface area contributed by atoms with Crippen LogP contribution >= 0.6 is 12.2 Å². The van der Waals surface area contributed by atoms with Gasteiger partial charge in [0.2, 0.25) is 0 Å². The monoisotopic (exact) mass is 437 g/mol. The van der Waals surface area contributed by atoms with Crippen LogP contribution in [0.3, 0.4) is 0 Å². The van der Waals surface area contributed by atoms with Gasteiger partial charge in [0.15, 0.2) is 5.11 Å². The van der Waals surface area contributed by atoms with Crippen LogP contribution in [0.4, 0.5) is 11.4 Å². The lowest BCUT2D eigenvalue weighted by atomic mass is 10.1. The van der Waals surface area contributed by atoms with Gasteiger partial charge in [0.1, 0.15) is 11.5 Å². The maximum atomic E-state index is 5.75.